The third-order valence-corrected chi connectivity index (χ3v) is 5.40. The summed E-state index contributed by atoms with van der Waals surface area (Å²) in [7, 11) is 0. The quantitative estimate of drug-likeness (QED) is 0.538. The molecule has 4 rings (SSSR count). The van der Waals surface area contributed by atoms with Gasteiger partial charge in [-0.2, -0.15) is 0 Å². The number of carbonyl (C=O) groups is 2. The highest BCUT2D eigenvalue weighted by Crippen LogP contribution is 2.23. The molecule has 2 amide bonds. The average Bonchev–Trinajstić information content (AvgIpc) is 3.25. The van der Waals surface area contributed by atoms with Crippen molar-refractivity contribution in [3.8, 4) is 5.75 Å². The third-order valence-electron chi connectivity index (χ3n) is 5.40. The molecule has 3 aromatic rings. The molecule has 0 unspecified atom stereocenters. The molecule has 1 aliphatic heterocycles. The van der Waals surface area contributed by atoms with Gasteiger partial charge in [-0.05, 0) is 67.4 Å². The van der Waals surface area contributed by atoms with Gasteiger partial charge in [-0.15, -0.1) is 0 Å². The molecule has 164 valence electrons. The van der Waals surface area contributed by atoms with Crippen molar-refractivity contribution in [3.05, 3.63) is 84.4 Å². The molecule has 1 atom stereocenters. The molecule has 1 saturated heterocycles. The van der Waals surface area contributed by atoms with Crippen LogP contribution in [0.3, 0.4) is 0 Å². The third kappa shape index (κ3) is 5.46. The van der Waals surface area contributed by atoms with E-state index in [1.165, 1.54) is 0 Å². The summed E-state index contributed by atoms with van der Waals surface area (Å²) in [4.78, 5) is 26.2. The van der Waals surface area contributed by atoms with Gasteiger partial charge in [0.25, 0.3) is 0 Å². The maximum absolute atomic E-state index is 12.6. The van der Waals surface area contributed by atoms with Gasteiger partial charge in [0.05, 0.1) is 0 Å². The van der Waals surface area contributed by atoms with E-state index in [9.17, 15) is 9.59 Å². The van der Waals surface area contributed by atoms with Crippen LogP contribution in [0.25, 0.3) is 0 Å². The normalized spacial score (nSPS) is 14.2. The zero-order valence-electron chi connectivity index (χ0n) is 18.1. The van der Waals surface area contributed by atoms with E-state index in [0.717, 1.165) is 35.7 Å². The Bertz CT molecular complexity index is 1050. The van der Waals surface area contributed by atoms with E-state index in [2.05, 4.69) is 10.6 Å². The first-order valence-electron chi connectivity index (χ1n) is 10.8. The monoisotopic (exact) mass is 429 g/mol. The van der Waals surface area contributed by atoms with Gasteiger partial charge in [-0.25, -0.2) is 0 Å². The number of nitrogens with one attached hydrogen (secondary N) is 2. The van der Waals surface area contributed by atoms with Crippen LogP contribution < -0.4 is 20.3 Å². The van der Waals surface area contributed by atoms with Crippen molar-refractivity contribution < 1.29 is 14.3 Å². The number of benzene rings is 3. The number of amides is 2. The Morgan fingerprint density at radius 3 is 2.31 bits per heavy atom. The maximum atomic E-state index is 12.6. The van der Waals surface area contributed by atoms with Gasteiger partial charge in [0, 0.05) is 30.0 Å². The van der Waals surface area contributed by atoms with Gasteiger partial charge >= 0.3 is 0 Å². The fourth-order valence-corrected chi connectivity index (χ4v) is 3.60. The topological polar surface area (TPSA) is 70.7 Å². The van der Waals surface area contributed by atoms with E-state index in [1.807, 2.05) is 85.8 Å². The van der Waals surface area contributed by atoms with Crippen molar-refractivity contribution in [1.29, 1.82) is 0 Å². The molecular weight excluding hydrogens is 402 g/mol. The summed E-state index contributed by atoms with van der Waals surface area (Å²) in [5.74, 6) is 0.770. The number of carbonyl (C=O) groups excluding carboxylic acids is 2. The van der Waals surface area contributed by atoms with E-state index < -0.39 is 6.04 Å². The smallest absolute Gasteiger partial charge is 0.246 e. The summed E-state index contributed by atoms with van der Waals surface area (Å²) in [6, 6.07) is 24.5. The van der Waals surface area contributed by atoms with Crippen molar-refractivity contribution in [2.75, 3.05) is 22.1 Å². The lowest BCUT2D eigenvalue weighted by Crippen LogP contribution is -2.31. The van der Waals surface area contributed by atoms with E-state index in [4.69, 9.17) is 4.74 Å². The zero-order chi connectivity index (χ0) is 22.3. The van der Waals surface area contributed by atoms with Crippen LogP contribution in [-0.4, -0.2) is 24.4 Å². The number of rotatable bonds is 8. The van der Waals surface area contributed by atoms with Gasteiger partial charge in [0.2, 0.25) is 11.8 Å². The molecular formula is C26H27N3O3. The van der Waals surface area contributed by atoms with E-state index in [1.54, 1.807) is 4.90 Å². The molecule has 32 heavy (non-hydrogen) atoms. The van der Waals surface area contributed by atoms with Crippen molar-refractivity contribution in [3.63, 3.8) is 0 Å². The lowest BCUT2D eigenvalue weighted by atomic mass is 10.2. The Morgan fingerprint density at radius 1 is 0.969 bits per heavy atom. The predicted molar refractivity (Wildman–Crippen MR) is 127 cm³/mol. The van der Waals surface area contributed by atoms with Crippen molar-refractivity contribution in [1.82, 2.24) is 0 Å². The second-order valence-corrected chi connectivity index (χ2v) is 7.85. The highest BCUT2D eigenvalue weighted by molar-refractivity contribution is 5.97. The van der Waals surface area contributed by atoms with Crippen LogP contribution in [0.15, 0.2) is 78.9 Å². The second kappa shape index (κ2) is 10.0. The van der Waals surface area contributed by atoms with Crippen LogP contribution in [-0.2, 0) is 16.2 Å². The van der Waals surface area contributed by atoms with Crippen LogP contribution in [0.5, 0.6) is 5.75 Å². The number of nitrogens with zero attached hydrogens (tertiary/aromatic N) is 1. The summed E-state index contributed by atoms with van der Waals surface area (Å²) in [6.45, 7) is 3.07. The number of anilines is 3. The molecule has 0 radical (unpaired) electrons. The minimum atomic E-state index is -0.428. The molecule has 0 spiro atoms. The lowest BCUT2D eigenvalue weighted by Gasteiger charge is -2.18. The highest BCUT2D eigenvalue weighted by atomic mass is 16.5. The first kappa shape index (κ1) is 21.4. The molecule has 6 heteroatoms. The molecule has 6 nitrogen and oxygen atoms in total. The van der Waals surface area contributed by atoms with Crippen molar-refractivity contribution >= 4 is 28.9 Å². The minimum absolute atomic E-state index is 0.137. The Hall–Kier alpha value is -3.80. The van der Waals surface area contributed by atoms with Crippen LogP contribution in [0.2, 0.25) is 0 Å². The fourth-order valence-electron chi connectivity index (χ4n) is 3.60. The largest absolute Gasteiger partial charge is 0.489 e. The van der Waals surface area contributed by atoms with Crippen LogP contribution in [0, 0.1) is 0 Å². The Labute approximate surface area is 188 Å². The average molecular weight is 430 g/mol. The minimum Gasteiger partial charge on any atom is -0.489 e. The molecule has 0 aliphatic carbocycles. The number of hydrogen-bond acceptors (Lipinski definition) is 4. The summed E-state index contributed by atoms with van der Waals surface area (Å²) < 4.78 is 5.78. The molecule has 1 aliphatic rings. The van der Waals surface area contributed by atoms with Gasteiger partial charge in [-0.1, -0.05) is 30.3 Å². The van der Waals surface area contributed by atoms with E-state index in [0.29, 0.717) is 18.7 Å². The molecule has 0 aromatic heterocycles. The summed E-state index contributed by atoms with van der Waals surface area (Å²) in [5, 5.41) is 6.12. The highest BCUT2D eigenvalue weighted by Gasteiger charge is 2.21. The molecule has 2 N–H and O–H groups in total. The van der Waals surface area contributed by atoms with Gasteiger partial charge in [0.15, 0.2) is 0 Å². The van der Waals surface area contributed by atoms with Gasteiger partial charge in [-0.3, -0.25) is 9.59 Å². The standard InChI is InChI=1S/C26H27N3O3/c1-19(27-21-9-13-23(14-10-21)29-17-5-8-25(29)30)26(31)28-22-11-15-24(16-12-22)32-18-20-6-3-2-4-7-20/h2-4,6-7,9-16,19,27H,5,8,17-18H2,1H3,(H,28,31)/t19-/m0/s1. The van der Waals surface area contributed by atoms with Crippen LogP contribution in [0.4, 0.5) is 17.1 Å². The van der Waals surface area contributed by atoms with Crippen molar-refractivity contribution in [2.24, 2.45) is 0 Å². The zero-order valence-corrected chi connectivity index (χ0v) is 18.1. The fraction of sp³-hybridized carbons (Fsp3) is 0.231. The molecule has 0 saturated carbocycles. The van der Waals surface area contributed by atoms with Gasteiger partial charge < -0.3 is 20.3 Å². The van der Waals surface area contributed by atoms with Crippen LogP contribution >= 0.6 is 0 Å². The Balaban J connectivity index is 1.27. The lowest BCUT2D eigenvalue weighted by molar-refractivity contribution is -0.117. The van der Waals surface area contributed by atoms with Crippen LogP contribution in [0.1, 0.15) is 25.3 Å². The number of hydrogen-bond donors (Lipinski definition) is 2. The Morgan fingerprint density at radius 2 is 1.66 bits per heavy atom. The molecule has 1 heterocycles. The summed E-state index contributed by atoms with van der Waals surface area (Å²) >= 11 is 0. The SMILES string of the molecule is C[C@H](Nc1ccc(N2CCCC2=O)cc1)C(=O)Nc1ccc(OCc2ccccc2)cc1. The first-order chi connectivity index (χ1) is 15.6. The maximum Gasteiger partial charge on any atom is 0.246 e. The molecule has 3 aromatic carbocycles. The predicted octanol–water partition coefficient (Wildman–Crippen LogP) is 4.83. The van der Waals surface area contributed by atoms with Gasteiger partial charge in [0.1, 0.15) is 18.4 Å². The first-order valence-corrected chi connectivity index (χ1v) is 10.8. The van der Waals surface area contributed by atoms with E-state index in [-0.39, 0.29) is 11.8 Å². The summed E-state index contributed by atoms with van der Waals surface area (Å²) in [6.07, 6.45) is 1.51. The Kier molecular flexibility index (Phi) is 6.70. The summed E-state index contributed by atoms with van der Waals surface area (Å²) in [5.41, 5.74) is 3.53. The number of ether oxygens (including phenoxy) is 1. The molecule has 0 bridgehead atoms. The van der Waals surface area contributed by atoms with E-state index >= 15 is 0 Å². The molecule has 1 fully saturated rings. The second-order valence-electron chi connectivity index (χ2n) is 7.85. The van der Waals surface area contributed by atoms with Crippen molar-refractivity contribution in [2.45, 2.75) is 32.4 Å².